The van der Waals surface area contributed by atoms with E-state index in [-0.39, 0.29) is 12.5 Å². The van der Waals surface area contributed by atoms with Crippen LogP contribution in [0.1, 0.15) is 40.5 Å². The zero-order valence-corrected chi connectivity index (χ0v) is 16.0. The van der Waals surface area contributed by atoms with E-state index in [1.54, 1.807) is 4.68 Å². The fourth-order valence-electron chi connectivity index (χ4n) is 3.36. The van der Waals surface area contributed by atoms with Gasteiger partial charge in [0.2, 0.25) is 0 Å². The average molecular weight is 389 g/mol. The average Bonchev–Trinajstić information content (AvgIpc) is 3.50. The van der Waals surface area contributed by atoms with Crippen LogP contribution in [-0.4, -0.2) is 33.3 Å². The molecule has 1 aromatic heterocycles. The number of aromatic nitrogens is 2. The van der Waals surface area contributed by atoms with Crippen LogP contribution in [0.2, 0.25) is 0 Å². The first kappa shape index (κ1) is 18.9. The number of rotatable bonds is 8. The number of amides is 1. The van der Waals surface area contributed by atoms with Gasteiger partial charge in [0.05, 0.1) is 17.3 Å². The van der Waals surface area contributed by atoms with Gasteiger partial charge in [-0.3, -0.25) is 9.59 Å². The predicted molar refractivity (Wildman–Crippen MR) is 109 cm³/mol. The minimum absolute atomic E-state index is 0.0573. The molecule has 3 aromatic rings. The van der Waals surface area contributed by atoms with Gasteiger partial charge in [0.25, 0.3) is 5.91 Å². The second kappa shape index (κ2) is 8.31. The molecule has 1 aliphatic rings. The zero-order valence-electron chi connectivity index (χ0n) is 16.0. The lowest BCUT2D eigenvalue weighted by atomic mass is 9.99. The summed E-state index contributed by atoms with van der Waals surface area (Å²) in [5, 5.41) is 17.0. The lowest BCUT2D eigenvalue weighted by Crippen LogP contribution is -2.35. The molecule has 148 valence electrons. The summed E-state index contributed by atoms with van der Waals surface area (Å²) in [6, 6.07) is 20.8. The largest absolute Gasteiger partial charge is 0.481 e. The molecule has 0 aliphatic heterocycles. The van der Waals surface area contributed by atoms with Crippen molar-refractivity contribution < 1.29 is 14.7 Å². The van der Waals surface area contributed by atoms with Gasteiger partial charge in [-0.05, 0) is 43.0 Å². The van der Waals surface area contributed by atoms with Gasteiger partial charge < -0.3 is 10.4 Å². The number of nitrogens with one attached hydrogen (secondary N) is 1. The maximum Gasteiger partial charge on any atom is 0.308 e. The Bertz CT molecular complexity index is 995. The van der Waals surface area contributed by atoms with E-state index >= 15 is 0 Å². The van der Waals surface area contributed by atoms with Gasteiger partial charge in [-0.25, -0.2) is 4.68 Å². The van der Waals surface area contributed by atoms with Crippen molar-refractivity contribution in [1.82, 2.24) is 15.1 Å². The number of hydrogen-bond acceptors (Lipinski definition) is 3. The predicted octanol–water partition coefficient (Wildman–Crippen LogP) is 3.42. The highest BCUT2D eigenvalue weighted by Gasteiger charge is 2.29. The molecule has 1 aliphatic carbocycles. The molecule has 6 heteroatoms. The Hall–Kier alpha value is -3.41. The van der Waals surface area contributed by atoms with Crippen molar-refractivity contribution in [3.63, 3.8) is 0 Å². The van der Waals surface area contributed by atoms with E-state index in [1.807, 2.05) is 66.7 Å². The standard InChI is InChI=1S/C23H23N3O3/c27-22(24-15-18(23(28)29)13-16-7-3-1-4-8-16)21-14-20(17-11-12-17)25-26(21)19-9-5-2-6-10-19/h1-10,14,17-18H,11-13,15H2,(H,24,27)(H,28,29). The number of aliphatic carboxylic acids is 1. The highest BCUT2D eigenvalue weighted by atomic mass is 16.4. The third-order valence-electron chi connectivity index (χ3n) is 5.14. The van der Waals surface area contributed by atoms with Crippen molar-refractivity contribution in [2.24, 2.45) is 5.92 Å². The maximum absolute atomic E-state index is 12.9. The van der Waals surface area contributed by atoms with Crippen molar-refractivity contribution >= 4 is 11.9 Å². The van der Waals surface area contributed by atoms with Crippen LogP contribution in [0, 0.1) is 5.92 Å². The van der Waals surface area contributed by atoms with Crippen molar-refractivity contribution in [1.29, 1.82) is 0 Å². The molecule has 0 saturated heterocycles. The van der Waals surface area contributed by atoms with Gasteiger partial charge in [-0.15, -0.1) is 0 Å². The molecule has 0 bridgehead atoms. The van der Waals surface area contributed by atoms with Crippen molar-refractivity contribution in [2.45, 2.75) is 25.2 Å². The molecule has 0 radical (unpaired) electrons. The van der Waals surface area contributed by atoms with Gasteiger partial charge in [-0.1, -0.05) is 48.5 Å². The van der Waals surface area contributed by atoms with E-state index in [0.29, 0.717) is 18.0 Å². The first-order valence-electron chi connectivity index (χ1n) is 9.82. The van der Waals surface area contributed by atoms with Gasteiger partial charge in [0.1, 0.15) is 5.69 Å². The third kappa shape index (κ3) is 4.54. The Morgan fingerprint density at radius 1 is 1.07 bits per heavy atom. The Balaban J connectivity index is 1.51. The molecule has 2 aromatic carbocycles. The monoisotopic (exact) mass is 389 g/mol. The van der Waals surface area contributed by atoms with E-state index in [1.165, 1.54) is 0 Å². The molecule has 1 unspecified atom stereocenters. The Kier molecular flexibility index (Phi) is 5.42. The quantitative estimate of drug-likeness (QED) is 0.618. The van der Waals surface area contributed by atoms with Gasteiger partial charge in [0, 0.05) is 12.5 Å². The number of carbonyl (C=O) groups excluding carboxylic acids is 1. The van der Waals surface area contributed by atoms with E-state index in [4.69, 9.17) is 0 Å². The Labute approximate surface area is 169 Å². The lowest BCUT2D eigenvalue weighted by molar-refractivity contribution is -0.141. The Morgan fingerprint density at radius 2 is 1.72 bits per heavy atom. The van der Waals surface area contributed by atoms with Gasteiger partial charge in [0.15, 0.2) is 0 Å². The highest BCUT2D eigenvalue weighted by molar-refractivity contribution is 5.93. The second-order valence-corrected chi connectivity index (χ2v) is 7.41. The van der Waals surface area contributed by atoms with Crippen LogP contribution in [0.3, 0.4) is 0 Å². The third-order valence-corrected chi connectivity index (χ3v) is 5.14. The number of carboxylic acids is 1. The highest BCUT2D eigenvalue weighted by Crippen LogP contribution is 2.39. The number of carboxylic acid groups (broad SMARTS) is 1. The summed E-state index contributed by atoms with van der Waals surface area (Å²) in [5.41, 5.74) is 3.09. The molecule has 6 nitrogen and oxygen atoms in total. The molecule has 1 saturated carbocycles. The van der Waals surface area contributed by atoms with Crippen LogP contribution in [0.4, 0.5) is 0 Å². The topological polar surface area (TPSA) is 84.2 Å². The number of benzene rings is 2. The van der Waals surface area contributed by atoms with Crippen LogP contribution >= 0.6 is 0 Å². The SMILES string of the molecule is O=C(NCC(Cc1ccccc1)C(=O)O)c1cc(C2CC2)nn1-c1ccccc1. The van der Waals surface area contributed by atoms with Crippen LogP contribution in [0.15, 0.2) is 66.7 Å². The molecular weight excluding hydrogens is 366 g/mol. The van der Waals surface area contributed by atoms with E-state index in [9.17, 15) is 14.7 Å². The molecule has 2 N–H and O–H groups in total. The van der Waals surface area contributed by atoms with E-state index in [2.05, 4.69) is 10.4 Å². The molecule has 4 rings (SSSR count). The molecule has 1 fully saturated rings. The number of nitrogens with zero attached hydrogens (tertiary/aromatic N) is 2. The molecule has 29 heavy (non-hydrogen) atoms. The van der Waals surface area contributed by atoms with E-state index < -0.39 is 11.9 Å². The van der Waals surface area contributed by atoms with Gasteiger partial charge in [-0.2, -0.15) is 5.10 Å². The lowest BCUT2D eigenvalue weighted by Gasteiger charge is -2.14. The van der Waals surface area contributed by atoms with E-state index in [0.717, 1.165) is 29.8 Å². The maximum atomic E-state index is 12.9. The minimum atomic E-state index is -0.926. The van der Waals surface area contributed by atoms with Crippen LogP contribution in [-0.2, 0) is 11.2 Å². The van der Waals surface area contributed by atoms with Crippen LogP contribution in [0.5, 0.6) is 0 Å². The summed E-state index contributed by atoms with van der Waals surface area (Å²) in [4.78, 5) is 24.6. The molecule has 1 heterocycles. The number of carbonyl (C=O) groups is 2. The number of hydrogen-bond donors (Lipinski definition) is 2. The fourth-order valence-corrected chi connectivity index (χ4v) is 3.36. The molecule has 1 amide bonds. The summed E-state index contributed by atoms with van der Waals surface area (Å²) in [7, 11) is 0. The summed E-state index contributed by atoms with van der Waals surface area (Å²) < 4.78 is 1.65. The molecular formula is C23H23N3O3. The molecule has 0 spiro atoms. The first-order valence-corrected chi connectivity index (χ1v) is 9.82. The first-order chi connectivity index (χ1) is 14.1. The normalized spacial score (nSPS) is 14.3. The minimum Gasteiger partial charge on any atom is -0.481 e. The summed E-state index contributed by atoms with van der Waals surface area (Å²) in [6.07, 6.45) is 2.54. The molecule has 1 atom stereocenters. The number of para-hydroxylation sites is 1. The van der Waals surface area contributed by atoms with Crippen LogP contribution in [0.25, 0.3) is 5.69 Å². The fraction of sp³-hybridized carbons (Fsp3) is 0.261. The smallest absolute Gasteiger partial charge is 0.308 e. The van der Waals surface area contributed by atoms with Crippen molar-refractivity contribution in [3.05, 3.63) is 83.7 Å². The van der Waals surface area contributed by atoms with Crippen molar-refractivity contribution in [3.8, 4) is 5.69 Å². The van der Waals surface area contributed by atoms with Gasteiger partial charge >= 0.3 is 5.97 Å². The Morgan fingerprint density at radius 3 is 2.34 bits per heavy atom. The van der Waals surface area contributed by atoms with Crippen LogP contribution < -0.4 is 5.32 Å². The summed E-state index contributed by atoms with van der Waals surface area (Å²) in [5.74, 6) is -1.52. The second-order valence-electron chi connectivity index (χ2n) is 7.41. The zero-order chi connectivity index (χ0) is 20.2. The summed E-state index contributed by atoms with van der Waals surface area (Å²) >= 11 is 0. The van der Waals surface area contributed by atoms with Crippen molar-refractivity contribution in [2.75, 3.05) is 6.54 Å². The summed E-state index contributed by atoms with van der Waals surface area (Å²) in [6.45, 7) is 0.0573.